The van der Waals surface area contributed by atoms with E-state index in [1.54, 1.807) is 4.90 Å². The Hall–Kier alpha value is -1.95. The van der Waals surface area contributed by atoms with Gasteiger partial charge >= 0.3 is 0 Å². The van der Waals surface area contributed by atoms with E-state index in [0.29, 0.717) is 31.1 Å². The molecule has 2 aromatic rings. The van der Waals surface area contributed by atoms with Crippen LogP contribution in [0, 0.1) is 11.7 Å². The average molecular weight is 337 g/mol. The molecule has 1 aliphatic heterocycles. The lowest BCUT2D eigenvalue weighted by Crippen LogP contribution is -2.38. The normalized spacial score (nSPS) is 14.2. The van der Waals surface area contributed by atoms with Gasteiger partial charge in [0.05, 0.1) is 11.6 Å². The predicted octanol–water partition coefficient (Wildman–Crippen LogP) is 2.93. The molecule has 0 radical (unpaired) electrons. The van der Waals surface area contributed by atoms with Gasteiger partial charge in [-0.05, 0) is 24.1 Å². The van der Waals surface area contributed by atoms with E-state index in [-0.39, 0.29) is 10.9 Å². The van der Waals surface area contributed by atoms with Crippen LogP contribution in [0.3, 0.4) is 0 Å². The zero-order chi connectivity index (χ0) is 16.6. The molecule has 5 nitrogen and oxygen atoms in total. The van der Waals surface area contributed by atoms with E-state index in [1.807, 2.05) is 0 Å². The van der Waals surface area contributed by atoms with Gasteiger partial charge in [0.15, 0.2) is 5.82 Å². The first-order chi connectivity index (χ1) is 11.0. The zero-order valence-corrected chi connectivity index (χ0v) is 13.8. The third-order valence-corrected chi connectivity index (χ3v) is 4.16. The van der Waals surface area contributed by atoms with Crippen LogP contribution in [0.1, 0.15) is 35.9 Å². The van der Waals surface area contributed by atoms with Crippen molar-refractivity contribution in [2.75, 3.05) is 6.54 Å². The molecular formula is C16H18ClFN4O. The van der Waals surface area contributed by atoms with Crippen LogP contribution in [-0.4, -0.2) is 32.1 Å². The molecule has 0 N–H and O–H groups in total. The SMILES string of the molecule is CC(C)Cc1nnc2n1CCN(C(=O)c1ccc(F)c(Cl)c1)C2. The highest BCUT2D eigenvalue weighted by atomic mass is 35.5. The Morgan fingerprint density at radius 3 is 2.83 bits per heavy atom. The van der Waals surface area contributed by atoms with Crippen molar-refractivity contribution in [2.24, 2.45) is 5.92 Å². The molecule has 1 aromatic heterocycles. The second kappa shape index (κ2) is 6.28. The Labute approximate surface area is 139 Å². The van der Waals surface area contributed by atoms with Crippen molar-refractivity contribution in [3.63, 3.8) is 0 Å². The van der Waals surface area contributed by atoms with Crippen molar-refractivity contribution in [3.8, 4) is 0 Å². The minimum Gasteiger partial charge on any atom is -0.329 e. The van der Waals surface area contributed by atoms with Gasteiger partial charge in [0.25, 0.3) is 5.91 Å². The summed E-state index contributed by atoms with van der Waals surface area (Å²) in [4.78, 5) is 14.2. The summed E-state index contributed by atoms with van der Waals surface area (Å²) in [6, 6.07) is 4.03. The second-order valence-electron chi connectivity index (χ2n) is 6.14. The molecule has 7 heteroatoms. The van der Waals surface area contributed by atoms with E-state index in [0.717, 1.165) is 18.1 Å². The van der Waals surface area contributed by atoms with Crippen LogP contribution in [0.4, 0.5) is 4.39 Å². The molecule has 0 spiro atoms. The molecule has 0 saturated heterocycles. The Kier molecular flexibility index (Phi) is 4.35. The molecule has 3 rings (SSSR count). The van der Waals surface area contributed by atoms with Crippen molar-refractivity contribution in [1.82, 2.24) is 19.7 Å². The number of nitrogens with zero attached hydrogens (tertiary/aromatic N) is 4. The van der Waals surface area contributed by atoms with Gasteiger partial charge < -0.3 is 9.47 Å². The van der Waals surface area contributed by atoms with Crippen molar-refractivity contribution >= 4 is 17.5 Å². The molecule has 0 atom stereocenters. The van der Waals surface area contributed by atoms with Gasteiger partial charge in [0.1, 0.15) is 11.6 Å². The highest BCUT2D eigenvalue weighted by Gasteiger charge is 2.25. The number of hydrogen-bond donors (Lipinski definition) is 0. The van der Waals surface area contributed by atoms with Gasteiger partial charge in [-0.2, -0.15) is 0 Å². The van der Waals surface area contributed by atoms with Crippen LogP contribution < -0.4 is 0 Å². The van der Waals surface area contributed by atoms with Gasteiger partial charge in [-0.1, -0.05) is 25.4 Å². The summed E-state index contributed by atoms with van der Waals surface area (Å²) in [6.45, 7) is 5.92. The molecule has 0 saturated carbocycles. The Bertz CT molecular complexity index is 744. The molecule has 2 heterocycles. The standard InChI is InChI=1S/C16H18ClFN4O/c1-10(2)7-14-19-20-15-9-21(5-6-22(14)15)16(23)11-3-4-13(18)12(17)8-11/h3-4,8,10H,5-7,9H2,1-2H3. The smallest absolute Gasteiger partial charge is 0.254 e. The molecule has 1 aliphatic rings. The summed E-state index contributed by atoms with van der Waals surface area (Å²) in [7, 11) is 0. The lowest BCUT2D eigenvalue weighted by Gasteiger charge is -2.28. The maximum atomic E-state index is 13.2. The molecule has 0 unspecified atom stereocenters. The van der Waals surface area contributed by atoms with Crippen molar-refractivity contribution in [3.05, 3.63) is 46.3 Å². The number of hydrogen-bond acceptors (Lipinski definition) is 3. The van der Waals surface area contributed by atoms with Gasteiger partial charge in [-0.3, -0.25) is 4.79 Å². The first-order valence-corrected chi connectivity index (χ1v) is 7.98. The summed E-state index contributed by atoms with van der Waals surface area (Å²) < 4.78 is 15.3. The van der Waals surface area contributed by atoms with Gasteiger partial charge in [0, 0.05) is 25.1 Å². The highest BCUT2D eigenvalue weighted by Crippen LogP contribution is 2.20. The second-order valence-corrected chi connectivity index (χ2v) is 6.54. The van der Waals surface area contributed by atoms with Crippen LogP contribution in [0.2, 0.25) is 5.02 Å². The van der Waals surface area contributed by atoms with Crippen molar-refractivity contribution in [2.45, 2.75) is 33.4 Å². The highest BCUT2D eigenvalue weighted by molar-refractivity contribution is 6.31. The molecular weight excluding hydrogens is 319 g/mol. The zero-order valence-electron chi connectivity index (χ0n) is 13.1. The summed E-state index contributed by atoms with van der Waals surface area (Å²) in [5, 5.41) is 8.39. The number of fused-ring (bicyclic) bond motifs is 1. The van der Waals surface area contributed by atoms with Crippen LogP contribution >= 0.6 is 11.6 Å². The summed E-state index contributed by atoms with van der Waals surface area (Å²) >= 11 is 5.76. The van der Waals surface area contributed by atoms with Gasteiger partial charge in [-0.15, -0.1) is 10.2 Å². The summed E-state index contributed by atoms with van der Waals surface area (Å²) in [6.07, 6.45) is 0.870. The fourth-order valence-corrected chi connectivity index (χ4v) is 2.90. The minimum absolute atomic E-state index is 0.0461. The lowest BCUT2D eigenvalue weighted by molar-refractivity contribution is 0.0706. The molecule has 0 bridgehead atoms. The maximum Gasteiger partial charge on any atom is 0.254 e. The number of benzene rings is 1. The van der Waals surface area contributed by atoms with E-state index in [4.69, 9.17) is 11.6 Å². The van der Waals surface area contributed by atoms with Crippen LogP contribution in [0.5, 0.6) is 0 Å². The molecule has 23 heavy (non-hydrogen) atoms. The van der Waals surface area contributed by atoms with E-state index < -0.39 is 5.82 Å². The number of carbonyl (C=O) groups excluding carboxylic acids is 1. The first kappa shape index (κ1) is 15.9. The lowest BCUT2D eigenvalue weighted by atomic mass is 10.1. The average Bonchev–Trinajstić information content (AvgIpc) is 2.91. The Morgan fingerprint density at radius 1 is 1.35 bits per heavy atom. The van der Waals surface area contributed by atoms with Crippen molar-refractivity contribution in [1.29, 1.82) is 0 Å². The topological polar surface area (TPSA) is 51.0 Å². The molecule has 0 aliphatic carbocycles. The summed E-state index contributed by atoms with van der Waals surface area (Å²) in [5.74, 6) is 1.55. The number of amides is 1. The minimum atomic E-state index is -0.528. The summed E-state index contributed by atoms with van der Waals surface area (Å²) in [5.41, 5.74) is 0.381. The molecule has 1 aromatic carbocycles. The van der Waals surface area contributed by atoms with E-state index >= 15 is 0 Å². The van der Waals surface area contributed by atoms with Gasteiger partial charge in [0.2, 0.25) is 0 Å². The van der Waals surface area contributed by atoms with E-state index in [9.17, 15) is 9.18 Å². The van der Waals surface area contributed by atoms with Crippen LogP contribution in [0.25, 0.3) is 0 Å². The fourth-order valence-electron chi connectivity index (χ4n) is 2.72. The third kappa shape index (κ3) is 3.22. The maximum absolute atomic E-state index is 13.2. The predicted molar refractivity (Wildman–Crippen MR) is 84.7 cm³/mol. The monoisotopic (exact) mass is 336 g/mol. The van der Waals surface area contributed by atoms with Crippen LogP contribution in [-0.2, 0) is 19.5 Å². The quantitative estimate of drug-likeness (QED) is 0.866. The van der Waals surface area contributed by atoms with Crippen molar-refractivity contribution < 1.29 is 9.18 Å². The number of carbonyl (C=O) groups is 1. The Morgan fingerprint density at radius 2 is 2.13 bits per heavy atom. The third-order valence-electron chi connectivity index (χ3n) is 3.87. The Balaban J connectivity index is 1.77. The largest absolute Gasteiger partial charge is 0.329 e. The fraction of sp³-hybridized carbons (Fsp3) is 0.438. The number of rotatable bonds is 3. The van der Waals surface area contributed by atoms with Gasteiger partial charge in [-0.25, -0.2) is 4.39 Å². The number of halogens is 2. The molecule has 122 valence electrons. The first-order valence-electron chi connectivity index (χ1n) is 7.61. The number of aromatic nitrogens is 3. The van der Waals surface area contributed by atoms with E-state index in [2.05, 4.69) is 28.6 Å². The van der Waals surface area contributed by atoms with Crippen LogP contribution in [0.15, 0.2) is 18.2 Å². The molecule has 1 amide bonds. The van der Waals surface area contributed by atoms with E-state index in [1.165, 1.54) is 18.2 Å². The molecule has 0 fully saturated rings.